The molecule has 0 N–H and O–H groups in total. The lowest BCUT2D eigenvalue weighted by Crippen LogP contribution is -2.32. The van der Waals surface area contributed by atoms with Crippen LogP contribution in [0.1, 0.15) is 31.4 Å². The third kappa shape index (κ3) is 4.29. The van der Waals surface area contributed by atoms with Crippen LogP contribution in [0.15, 0.2) is 52.3 Å². The molecule has 1 aromatic carbocycles. The van der Waals surface area contributed by atoms with Gasteiger partial charge in [-0.25, -0.2) is 12.7 Å². The van der Waals surface area contributed by atoms with E-state index in [-0.39, 0.29) is 16.5 Å². The zero-order valence-electron chi connectivity index (χ0n) is 16.5. The minimum absolute atomic E-state index is 0.119. The molecule has 0 unspecified atom stereocenters. The van der Waals surface area contributed by atoms with Gasteiger partial charge in [-0.05, 0) is 43.5 Å². The van der Waals surface area contributed by atoms with E-state index in [0.717, 1.165) is 29.4 Å². The summed E-state index contributed by atoms with van der Waals surface area (Å²) < 4.78 is 32.9. The summed E-state index contributed by atoms with van der Waals surface area (Å²) in [4.78, 5) is 14.7. The molecule has 1 aliphatic rings. The van der Waals surface area contributed by atoms with Crippen LogP contribution in [0.5, 0.6) is 5.75 Å². The second kappa shape index (κ2) is 8.46. The fourth-order valence-electron chi connectivity index (χ4n) is 3.50. The Bertz CT molecular complexity index is 968. The van der Waals surface area contributed by atoms with E-state index in [9.17, 15) is 13.2 Å². The number of nitrogens with zero attached hydrogens (tertiary/aromatic N) is 3. The largest absolute Gasteiger partial charge is 0.494 e. The highest BCUT2D eigenvalue weighted by molar-refractivity contribution is 7.89. The Labute approximate surface area is 166 Å². The van der Waals surface area contributed by atoms with Crippen molar-refractivity contribution in [2.24, 2.45) is 0 Å². The third-order valence-electron chi connectivity index (χ3n) is 5.01. The van der Waals surface area contributed by atoms with Crippen LogP contribution in [0.3, 0.4) is 0 Å². The van der Waals surface area contributed by atoms with Crippen molar-refractivity contribution >= 4 is 10.0 Å². The summed E-state index contributed by atoms with van der Waals surface area (Å²) in [6, 6.07) is 10.9. The molecule has 0 saturated carbocycles. The molecule has 1 atom stereocenters. The maximum atomic E-state index is 12.4. The van der Waals surface area contributed by atoms with E-state index in [2.05, 4.69) is 17.0 Å². The lowest BCUT2D eigenvalue weighted by molar-refractivity contribution is 0.198. The van der Waals surface area contributed by atoms with Crippen molar-refractivity contribution in [3.8, 4) is 5.75 Å². The number of hydrogen-bond acceptors (Lipinski definition) is 5. The van der Waals surface area contributed by atoms with Crippen molar-refractivity contribution < 1.29 is 13.2 Å². The molecule has 8 heteroatoms. The molecule has 0 aliphatic carbocycles. The van der Waals surface area contributed by atoms with E-state index in [1.165, 1.54) is 42.6 Å². The fourth-order valence-corrected chi connectivity index (χ4v) is 4.43. The Morgan fingerprint density at radius 2 is 1.86 bits per heavy atom. The van der Waals surface area contributed by atoms with Gasteiger partial charge in [-0.3, -0.25) is 9.69 Å². The Morgan fingerprint density at radius 1 is 1.14 bits per heavy atom. The average Bonchev–Trinajstić information content (AvgIpc) is 3.12. The van der Waals surface area contributed by atoms with E-state index >= 15 is 0 Å². The summed E-state index contributed by atoms with van der Waals surface area (Å²) in [6.07, 6.45) is 3.46. The quantitative estimate of drug-likeness (QED) is 0.707. The van der Waals surface area contributed by atoms with E-state index < -0.39 is 10.0 Å². The fraction of sp³-hybridized carbons (Fsp3) is 0.450. The molecule has 3 rings (SSSR count). The molecule has 7 nitrogen and oxygen atoms in total. The SMILES string of the molecule is CCOc1ccc([C@@H]2CCCN2Cn2cc(S(=O)(=O)N(C)C)ccc2=O)cc1. The van der Waals surface area contributed by atoms with Gasteiger partial charge in [0.15, 0.2) is 0 Å². The monoisotopic (exact) mass is 405 g/mol. The molecule has 1 aromatic heterocycles. The van der Waals surface area contributed by atoms with Gasteiger partial charge in [0.25, 0.3) is 5.56 Å². The second-order valence-corrected chi connectivity index (χ2v) is 9.23. The molecule has 28 heavy (non-hydrogen) atoms. The minimum Gasteiger partial charge on any atom is -0.494 e. The van der Waals surface area contributed by atoms with E-state index in [1.54, 1.807) is 0 Å². The van der Waals surface area contributed by atoms with Crippen LogP contribution in [0.2, 0.25) is 0 Å². The number of hydrogen-bond donors (Lipinski definition) is 0. The lowest BCUT2D eigenvalue weighted by Gasteiger charge is -2.26. The standard InChI is InChI=1S/C20H27N3O4S/c1-4-27-17-9-7-16(8-10-17)19-6-5-13-22(19)15-23-14-18(11-12-20(23)24)28(25,26)21(2)3/h7-12,14,19H,4-6,13,15H2,1-3H3/t19-/m0/s1. The van der Waals surface area contributed by atoms with Crippen molar-refractivity contribution in [1.29, 1.82) is 0 Å². The second-order valence-electron chi connectivity index (χ2n) is 7.07. The van der Waals surface area contributed by atoms with Gasteiger partial charge < -0.3 is 9.30 Å². The summed E-state index contributed by atoms with van der Waals surface area (Å²) in [6.45, 7) is 3.79. The van der Waals surface area contributed by atoms with Crippen LogP contribution in [0.4, 0.5) is 0 Å². The van der Waals surface area contributed by atoms with Gasteiger partial charge >= 0.3 is 0 Å². The first-order chi connectivity index (χ1) is 13.3. The van der Waals surface area contributed by atoms with Gasteiger partial charge in [-0.15, -0.1) is 0 Å². The number of benzene rings is 1. The molecular weight excluding hydrogens is 378 g/mol. The molecule has 1 saturated heterocycles. The maximum absolute atomic E-state index is 12.4. The number of rotatable bonds is 7. The number of pyridine rings is 1. The zero-order chi connectivity index (χ0) is 20.3. The summed E-state index contributed by atoms with van der Waals surface area (Å²) in [7, 11) is -0.626. The van der Waals surface area contributed by atoms with Crippen molar-refractivity contribution in [1.82, 2.24) is 13.8 Å². The number of aromatic nitrogens is 1. The van der Waals surface area contributed by atoms with Crippen molar-refractivity contribution in [3.05, 3.63) is 58.5 Å². The van der Waals surface area contributed by atoms with Gasteiger partial charge in [0, 0.05) is 38.9 Å². The maximum Gasteiger partial charge on any atom is 0.251 e. The van der Waals surface area contributed by atoms with Crippen LogP contribution in [0, 0.1) is 0 Å². The smallest absolute Gasteiger partial charge is 0.251 e. The summed E-state index contributed by atoms with van der Waals surface area (Å²) in [5.74, 6) is 0.841. The highest BCUT2D eigenvalue weighted by Gasteiger charge is 2.27. The van der Waals surface area contributed by atoms with Gasteiger partial charge in [0.2, 0.25) is 10.0 Å². The zero-order valence-corrected chi connectivity index (χ0v) is 17.4. The van der Waals surface area contributed by atoms with Crippen molar-refractivity contribution in [2.75, 3.05) is 27.2 Å². The molecule has 152 valence electrons. The number of likely N-dealkylation sites (tertiary alicyclic amines) is 1. The van der Waals surface area contributed by atoms with Crippen LogP contribution in [0.25, 0.3) is 0 Å². The van der Waals surface area contributed by atoms with Gasteiger partial charge in [0.1, 0.15) is 5.75 Å². The summed E-state index contributed by atoms with van der Waals surface area (Å²) in [5.41, 5.74) is 0.959. The van der Waals surface area contributed by atoms with Crippen LogP contribution >= 0.6 is 0 Å². The van der Waals surface area contributed by atoms with Crippen molar-refractivity contribution in [3.63, 3.8) is 0 Å². The predicted molar refractivity (Wildman–Crippen MR) is 108 cm³/mol. The lowest BCUT2D eigenvalue weighted by atomic mass is 10.0. The van der Waals surface area contributed by atoms with Crippen LogP contribution in [-0.2, 0) is 16.7 Å². The highest BCUT2D eigenvalue weighted by atomic mass is 32.2. The Balaban J connectivity index is 1.83. The molecule has 0 radical (unpaired) electrons. The average molecular weight is 406 g/mol. The Morgan fingerprint density at radius 3 is 2.50 bits per heavy atom. The van der Waals surface area contributed by atoms with Gasteiger partial charge in [-0.1, -0.05) is 12.1 Å². The molecule has 0 amide bonds. The normalized spacial score (nSPS) is 17.9. The Kier molecular flexibility index (Phi) is 6.22. The van der Waals surface area contributed by atoms with Gasteiger partial charge in [0.05, 0.1) is 18.2 Å². The first-order valence-corrected chi connectivity index (χ1v) is 10.9. The minimum atomic E-state index is -3.58. The molecular formula is C20H27N3O4S. The predicted octanol–water partition coefficient (Wildman–Crippen LogP) is 2.29. The Hall–Kier alpha value is -2.16. The molecule has 1 aliphatic heterocycles. The highest BCUT2D eigenvalue weighted by Crippen LogP contribution is 2.33. The molecule has 0 spiro atoms. The van der Waals surface area contributed by atoms with E-state index in [1.807, 2.05) is 19.1 Å². The third-order valence-corrected chi connectivity index (χ3v) is 6.81. The molecule has 0 bridgehead atoms. The molecule has 2 aromatic rings. The summed E-state index contributed by atoms with van der Waals surface area (Å²) in [5, 5.41) is 0. The molecule has 1 fully saturated rings. The van der Waals surface area contributed by atoms with Gasteiger partial charge in [-0.2, -0.15) is 0 Å². The van der Waals surface area contributed by atoms with Crippen LogP contribution in [-0.4, -0.2) is 49.4 Å². The first kappa shape index (κ1) is 20.6. The topological polar surface area (TPSA) is 71.8 Å². The first-order valence-electron chi connectivity index (χ1n) is 9.42. The van der Waals surface area contributed by atoms with E-state index in [4.69, 9.17) is 4.74 Å². The molecule has 2 heterocycles. The number of ether oxygens (including phenoxy) is 1. The summed E-state index contributed by atoms with van der Waals surface area (Å²) >= 11 is 0. The van der Waals surface area contributed by atoms with E-state index in [0.29, 0.717) is 13.3 Å². The van der Waals surface area contributed by atoms with Crippen LogP contribution < -0.4 is 10.3 Å². The number of sulfonamides is 1. The van der Waals surface area contributed by atoms with Crippen molar-refractivity contribution in [2.45, 2.75) is 37.4 Å².